The van der Waals surface area contributed by atoms with Gasteiger partial charge in [-0.15, -0.1) is 0 Å². The summed E-state index contributed by atoms with van der Waals surface area (Å²) in [5.41, 5.74) is 4.66. The summed E-state index contributed by atoms with van der Waals surface area (Å²) >= 11 is 0. The number of aromatic nitrogens is 2. The van der Waals surface area contributed by atoms with Crippen LogP contribution in [-0.4, -0.2) is 33.9 Å². The van der Waals surface area contributed by atoms with Gasteiger partial charge in [-0.3, -0.25) is 14.8 Å². The molecule has 1 saturated heterocycles. The van der Waals surface area contributed by atoms with Gasteiger partial charge in [-0.05, 0) is 37.7 Å². The molecular formula is C20H25N3O. The summed E-state index contributed by atoms with van der Waals surface area (Å²) in [5.74, 6) is 0.662. The van der Waals surface area contributed by atoms with Crippen LogP contribution in [0.25, 0.3) is 0 Å². The Morgan fingerprint density at radius 1 is 1.17 bits per heavy atom. The van der Waals surface area contributed by atoms with Crippen molar-refractivity contribution in [2.24, 2.45) is 5.92 Å². The molecule has 1 fully saturated rings. The smallest absolute Gasteiger partial charge is 0.219 e. The standard InChI is InChI=1S/C20H25N3O/c1-15-5-7-17(8-6-15)12-19-20(22-10-9-21-19)13-18-4-3-11-23(14-18)16(2)24/h5-10,18H,3-4,11-14H2,1-2H3. The van der Waals surface area contributed by atoms with Crippen molar-refractivity contribution in [2.45, 2.75) is 39.5 Å². The third-order valence-corrected chi connectivity index (χ3v) is 4.80. The molecule has 0 saturated carbocycles. The van der Waals surface area contributed by atoms with Crippen LogP contribution in [-0.2, 0) is 17.6 Å². The number of amides is 1. The minimum Gasteiger partial charge on any atom is -0.343 e. The van der Waals surface area contributed by atoms with E-state index in [0.29, 0.717) is 5.92 Å². The molecule has 0 radical (unpaired) electrons. The first-order valence-electron chi connectivity index (χ1n) is 8.71. The quantitative estimate of drug-likeness (QED) is 0.868. The Morgan fingerprint density at radius 3 is 2.58 bits per heavy atom. The van der Waals surface area contributed by atoms with Gasteiger partial charge in [0.2, 0.25) is 5.91 Å². The average molecular weight is 323 g/mol. The molecule has 4 nitrogen and oxygen atoms in total. The molecule has 0 aliphatic carbocycles. The minimum atomic E-state index is 0.179. The fourth-order valence-electron chi connectivity index (χ4n) is 3.40. The number of hydrogen-bond donors (Lipinski definition) is 0. The van der Waals surface area contributed by atoms with Crippen molar-refractivity contribution in [1.29, 1.82) is 0 Å². The van der Waals surface area contributed by atoms with E-state index >= 15 is 0 Å². The van der Waals surface area contributed by atoms with E-state index in [4.69, 9.17) is 0 Å². The van der Waals surface area contributed by atoms with Crippen LogP contribution in [0.4, 0.5) is 0 Å². The fraction of sp³-hybridized carbons (Fsp3) is 0.450. The SMILES string of the molecule is CC(=O)N1CCCC(Cc2nccnc2Cc2ccc(C)cc2)C1. The van der Waals surface area contributed by atoms with Crippen LogP contribution in [0.2, 0.25) is 0 Å². The second kappa shape index (κ2) is 7.56. The minimum absolute atomic E-state index is 0.179. The number of carbonyl (C=O) groups is 1. The zero-order valence-electron chi connectivity index (χ0n) is 14.5. The number of rotatable bonds is 4. The summed E-state index contributed by atoms with van der Waals surface area (Å²) in [5, 5.41) is 0. The predicted molar refractivity (Wildman–Crippen MR) is 94.7 cm³/mol. The van der Waals surface area contributed by atoms with Crippen LogP contribution in [0.5, 0.6) is 0 Å². The number of piperidine rings is 1. The van der Waals surface area contributed by atoms with Crippen LogP contribution >= 0.6 is 0 Å². The van der Waals surface area contributed by atoms with Gasteiger partial charge in [-0.25, -0.2) is 0 Å². The fourth-order valence-corrected chi connectivity index (χ4v) is 3.40. The number of likely N-dealkylation sites (tertiary alicyclic amines) is 1. The lowest BCUT2D eigenvalue weighted by Gasteiger charge is -2.32. The number of aryl methyl sites for hydroxylation is 1. The van der Waals surface area contributed by atoms with E-state index in [9.17, 15) is 4.79 Å². The Labute approximate surface area is 143 Å². The maximum atomic E-state index is 11.6. The van der Waals surface area contributed by atoms with Crippen LogP contribution < -0.4 is 0 Å². The molecule has 1 atom stereocenters. The van der Waals surface area contributed by atoms with Crippen molar-refractivity contribution in [1.82, 2.24) is 14.9 Å². The van der Waals surface area contributed by atoms with Crippen molar-refractivity contribution < 1.29 is 4.79 Å². The lowest BCUT2D eigenvalue weighted by molar-refractivity contribution is -0.130. The van der Waals surface area contributed by atoms with Crippen LogP contribution in [0.1, 0.15) is 42.3 Å². The molecule has 1 aromatic carbocycles. The summed E-state index contributed by atoms with van der Waals surface area (Å²) in [7, 11) is 0. The molecule has 4 heteroatoms. The predicted octanol–water partition coefficient (Wildman–Crippen LogP) is 3.18. The summed E-state index contributed by atoms with van der Waals surface area (Å²) < 4.78 is 0. The van der Waals surface area contributed by atoms with Gasteiger partial charge in [0.25, 0.3) is 0 Å². The lowest BCUT2D eigenvalue weighted by Crippen LogP contribution is -2.39. The van der Waals surface area contributed by atoms with Gasteiger partial charge >= 0.3 is 0 Å². The molecule has 2 aromatic rings. The van der Waals surface area contributed by atoms with Gasteiger partial charge in [0.05, 0.1) is 11.4 Å². The van der Waals surface area contributed by atoms with Crippen molar-refractivity contribution in [2.75, 3.05) is 13.1 Å². The van der Waals surface area contributed by atoms with Crippen LogP contribution in [0.15, 0.2) is 36.7 Å². The molecule has 1 aliphatic heterocycles. The highest BCUT2D eigenvalue weighted by Gasteiger charge is 2.23. The third kappa shape index (κ3) is 4.19. The molecule has 0 spiro atoms. The van der Waals surface area contributed by atoms with E-state index in [1.54, 1.807) is 19.3 Å². The Morgan fingerprint density at radius 2 is 1.88 bits per heavy atom. The molecule has 1 aromatic heterocycles. The lowest BCUT2D eigenvalue weighted by atomic mass is 9.92. The highest BCUT2D eigenvalue weighted by Crippen LogP contribution is 2.22. The van der Waals surface area contributed by atoms with E-state index in [1.807, 2.05) is 4.90 Å². The van der Waals surface area contributed by atoms with Gasteiger partial charge in [-0.2, -0.15) is 0 Å². The van der Waals surface area contributed by atoms with Crippen molar-refractivity contribution in [3.8, 4) is 0 Å². The first-order valence-corrected chi connectivity index (χ1v) is 8.71. The number of benzene rings is 1. The molecule has 1 amide bonds. The molecule has 24 heavy (non-hydrogen) atoms. The summed E-state index contributed by atoms with van der Waals surface area (Å²) in [6.07, 6.45) is 7.50. The molecule has 2 heterocycles. The van der Waals surface area contributed by atoms with Crippen molar-refractivity contribution in [3.05, 3.63) is 59.2 Å². The normalized spacial score (nSPS) is 17.8. The summed E-state index contributed by atoms with van der Waals surface area (Å²) in [6, 6.07) is 8.59. The number of carbonyl (C=O) groups excluding carboxylic acids is 1. The van der Waals surface area contributed by atoms with Gasteiger partial charge in [-0.1, -0.05) is 29.8 Å². The van der Waals surface area contributed by atoms with Gasteiger partial charge in [0.1, 0.15) is 0 Å². The van der Waals surface area contributed by atoms with Gasteiger partial charge in [0.15, 0.2) is 0 Å². The maximum Gasteiger partial charge on any atom is 0.219 e. The second-order valence-electron chi connectivity index (χ2n) is 6.79. The van der Waals surface area contributed by atoms with E-state index in [2.05, 4.69) is 41.2 Å². The second-order valence-corrected chi connectivity index (χ2v) is 6.79. The first kappa shape index (κ1) is 16.6. The van der Waals surface area contributed by atoms with Gasteiger partial charge in [0, 0.05) is 38.8 Å². The zero-order chi connectivity index (χ0) is 16.9. The molecule has 0 N–H and O–H groups in total. The Hall–Kier alpha value is -2.23. The van der Waals surface area contributed by atoms with E-state index in [0.717, 1.165) is 50.2 Å². The summed E-state index contributed by atoms with van der Waals surface area (Å²) in [4.78, 5) is 22.8. The highest BCUT2D eigenvalue weighted by molar-refractivity contribution is 5.73. The third-order valence-electron chi connectivity index (χ3n) is 4.80. The van der Waals surface area contributed by atoms with Gasteiger partial charge < -0.3 is 4.90 Å². The molecule has 126 valence electrons. The zero-order valence-corrected chi connectivity index (χ0v) is 14.5. The topological polar surface area (TPSA) is 46.1 Å². The molecule has 1 aliphatic rings. The monoisotopic (exact) mass is 323 g/mol. The molecular weight excluding hydrogens is 298 g/mol. The number of nitrogens with zero attached hydrogens (tertiary/aromatic N) is 3. The van der Waals surface area contributed by atoms with Crippen molar-refractivity contribution in [3.63, 3.8) is 0 Å². The van der Waals surface area contributed by atoms with E-state index < -0.39 is 0 Å². The largest absolute Gasteiger partial charge is 0.343 e. The Kier molecular flexibility index (Phi) is 5.24. The van der Waals surface area contributed by atoms with Crippen LogP contribution in [0, 0.1) is 12.8 Å². The molecule has 0 bridgehead atoms. The Balaban J connectivity index is 1.72. The number of hydrogen-bond acceptors (Lipinski definition) is 3. The maximum absolute atomic E-state index is 11.6. The van der Waals surface area contributed by atoms with E-state index in [1.165, 1.54) is 11.1 Å². The Bertz CT molecular complexity index is 696. The molecule has 1 unspecified atom stereocenters. The summed E-state index contributed by atoms with van der Waals surface area (Å²) in [6.45, 7) is 5.49. The highest BCUT2D eigenvalue weighted by atomic mass is 16.2. The van der Waals surface area contributed by atoms with Crippen LogP contribution in [0.3, 0.4) is 0 Å². The van der Waals surface area contributed by atoms with E-state index in [-0.39, 0.29) is 5.91 Å². The molecule has 3 rings (SSSR count). The van der Waals surface area contributed by atoms with Crippen molar-refractivity contribution >= 4 is 5.91 Å². The first-order chi connectivity index (χ1) is 11.6. The average Bonchev–Trinajstić information content (AvgIpc) is 2.59.